The van der Waals surface area contributed by atoms with Crippen LogP contribution < -0.4 is 4.74 Å². The van der Waals surface area contributed by atoms with E-state index in [0.29, 0.717) is 12.2 Å². The van der Waals surface area contributed by atoms with Crippen LogP contribution in [0.15, 0.2) is 42.6 Å². The van der Waals surface area contributed by atoms with Crippen molar-refractivity contribution in [2.24, 2.45) is 0 Å². The van der Waals surface area contributed by atoms with Crippen LogP contribution in [0.1, 0.15) is 5.56 Å². The first-order valence-corrected chi connectivity index (χ1v) is 5.31. The molecule has 0 radical (unpaired) electrons. The van der Waals surface area contributed by atoms with Crippen molar-refractivity contribution in [2.45, 2.75) is 6.42 Å². The SMILES string of the molecule is COc1ccnc(-c2ccccc2)c1CC#N. The van der Waals surface area contributed by atoms with Crippen molar-refractivity contribution in [3.63, 3.8) is 0 Å². The molecule has 0 saturated heterocycles. The molecule has 1 aromatic heterocycles. The van der Waals surface area contributed by atoms with Gasteiger partial charge in [-0.25, -0.2) is 0 Å². The van der Waals surface area contributed by atoms with E-state index in [0.717, 1.165) is 16.8 Å². The molecule has 0 spiro atoms. The number of benzene rings is 1. The van der Waals surface area contributed by atoms with E-state index in [1.54, 1.807) is 19.4 Å². The number of nitrogens with zero attached hydrogens (tertiary/aromatic N) is 2. The Labute approximate surface area is 100 Å². The lowest BCUT2D eigenvalue weighted by Gasteiger charge is -2.10. The highest BCUT2D eigenvalue weighted by molar-refractivity contribution is 5.66. The molecule has 0 aliphatic rings. The summed E-state index contributed by atoms with van der Waals surface area (Å²) in [5.74, 6) is 0.709. The molecule has 84 valence electrons. The maximum Gasteiger partial charge on any atom is 0.126 e. The van der Waals surface area contributed by atoms with Gasteiger partial charge in [0.05, 0.1) is 25.3 Å². The predicted octanol–water partition coefficient (Wildman–Crippen LogP) is 2.82. The molecule has 3 heteroatoms. The van der Waals surface area contributed by atoms with E-state index in [4.69, 9.17) is 10.00 Å². The Morgan fingerprint density at radius 3 is 2.65 bits per heavy atom. The summed E-state index contributed by atoms with van der Waals surface area (Å²) in [5, 5.41) is 8.88. The Morgan fingerprint density at radius 1 is 1.24 bits per heavy atom. The van der Waals surface area contributed by atoms with Crippen molar-refractivity contribution >= 4 is 0 Å². The molecule has 0 saturated carbocycles. The molecule has 0 amide bonds. The first kappa shape index (κ1) is 11.2. The van der Waals surface area contributed by atoms with Crippen molar-refractivity contribution in [3.05, 3.63) is 48.2 Å². The second-order valence-corrected chi connectivity index (χ2v) is 3.54. The van der Waals surface area contributed by atoms with Crippen LogP contribution in [0.25, 0.3) is 11.3 Å². The molecule has 1 aromatic carbocycles. The molecular formula is C14H12N2O. The Hall–Kier alpha value is -2.34. The van der Waals surface area contributed by atoms with Crippen molar-refractivity contribution in [3.8, 4) is 23.1 Å². The zero-order valence-corrected chi connectivity index (χ0v) is 9.55. The van der Waals surface area contributed by atoms with Crippen LogP contribution in [-0.4, -0.2) is 12.1 Å². The lowest BCUT2D eigenvalue weighted by molar-refractivity contribution is 0.410. The Morgan fingerprint density at radius 2 is 2.00 bits per heavy atom. The first-order chi connectivity index (χ1) is 8.36. The van der Waals surface area contributed by atoms with Gasteiger partial charge >= 0.3 is 0 Å². The van der Waals surface area contributed by atoms with Gasteiger partial charge in [-0.05, 0) is 6.07 Å². The summed E-state index contributed by atoms with van der Waals surface area (Å²) in [5.41, 5.74) is 2.65. The van der Waals surface area contributed by atoms with Crippen LogP contribution in [-0.2, 0) is 6.42 Å². The van der Waals surface area contributed by atoms with Gasteiger partial charge in [0.15, 0.2) is 0 Å². The number of hydrogen-bond donors (Lipinski definition) is 0. The topological polar surface area (TPSA) is 45.9 Å². The number of nitriles is 1. The standard InChI is InChI=1S/C14H12N2O/c1-17-13-8-10-16-14(12(13)7-9-15)11-5-3-2-4-6-11/h2-6,8,10H,7H2,1H3. The fourth-order valence-electron chi connectivity index (χ4n) is 1.76. The average molecular weight is 224 g/mol. The highest BCUT2D eigenvalue weighted by atomic mass is 16.5. The summed E-state index contributed by atoms with van der Waals surface area (Å²) in [6.45, 7) is 0. The van der Waals surface area contributed by atoms with Gasteiger partial charge in [0.1, 0.15) is 5.75 Å². The quantitative estimate of drug-likeness (QED) is 0.805. The smallest absolute Gasteiger partial charge is 0.126 e. The third kappa shape index (κ3) is 2.26. The van der Waals surface area contributed by atoms with Gasteiger partial charge in [0.2, 0.25) is 0 Å². The summed E-state index contributed by atoms with van der Waals surface area (Å²) >= 11 is 0. The third-order valence-corrected chi connectivity index (χ3v) is 2.54. The summed E-state index contributed by atoms with van der Waals surface area (Å²) in [6, 6.07) is 13.7. The van der Waals surface area contributed by atoms with E-state index in [1.165, 1.54) is 0 Å². The van der Waals surface area contributed by atoms with Crippen LogP contribution in [0.3, 0.4) is 0 Å². The fraction of sp³-hybridized carbons (Fsp3) is 0.143. The first-order valence-electron chi connectivity index (χ1n) is 5.31. The average Bonchev–Trinajstić information content (AvgIpc) is 2.40. The maximum absolute atomic E-state index is 8.88. The predicted molar refractivity (Wildman–Crippen MR) is 65.5 cm³/mol. The zero-order valence-electron chi connectivity index (χ0n) is 9.55. The van der Waals surface area contributed by atoms with E-state index in [2.05, 4.69) is 11.1 Å². The van der Waals surface area contributed by atoms with Crippen molar-refractivity contribution in [1.82, 2.24) is 4.98 Å². The van der Waals surface area contributed by atoms with Crippen molar-refractivity contribution in [1.29, 1.82) is 5.26 Å². The van der Waals surface area contributed by atoms with E-state index < -0.39 is 0 Å². The van der Waals surface area contributed by atoms with E-state index >= 15 is 0 Å². The number of methoxy groups -OCH3 is 1. The highest BCUT2D eigenvalue weighted by Gasteiger charge is 2.11. The molecule has 2 aromatic rings. The second kappa shape index (κ2) is 5.13. The van der Waals surface area contributed by atoms with E-state index in [1.807, 2.05) is 30.3 Å². The Kier molecular flexibility index (Phi) is 3.37. The minimum absolute atomic E-state index is 0.293. The molecule has 0 bridgehead atoms. The van der Waals surface area contributed by atoms with E-state index in [-0.39, 0.29) is 0 Å². The van der Waals surface area contributed by atoms with Crippen molar-refractivity contribution < 1.29 is 4.74 Å². The largest absolute Gasteiger partial charge is 0.496 e. The molecule has 0 fully saturated rings. The van der Waals surface area contributed by atoms with Gasteiger partial charge in [-0.1, -0.05) is 30.3 Å². The molecule has 1 heterocycles. The minimum Gasteiger partial charge on any atom is -0.496 e. The molecule has 17 heavy (non-hydrogen) atoms. The molecule has 2 rings (SSSR count). The van der Waals surface area contributed by atoms with Gasteiger partial charge in [0.25, 0.3) is 0 Å². The van der Waals surface area contributed by atoms with Gasteiger partial charge in [0, 0.05) is 17.3 Å². The maximum atomic E-state index is 8.88. The molecule has 0 N–H and O–H groups in total. The summed E-state index contributed by atoms with van der Waals surface area (Å²) < 4.78 is 5.27. The lowest BCUT2D eigenvalue weighted by Crippen LogP contribution is -1.97. The van der Waals surface area contributed by atoms with Gasteiger partial charge < -0.3 is 4.74 Å². The number of aromatic nitrogens is 1. The van der Waals surface area contributed by atoms with Gasteiger partial charge in [-0.2, -0.15) is 5.26 Å². The summed E-state index contributed by atoms with van der Waals surface area (Å²) in [7, 11) is 1.60. The van der Waals surface area contributed by atoms with Crippen molar-refractivity contribution in [2.75, 3.05) is 7.11 Å². The number of pyridine rings is 1. The summed E-state index contributed by atoms with van der Waals surface area (Å²) in [4.78, 5) is 4.35. The summed E-state index contributed by atoms with van der Waals surface area (Å²) in [6.07, 6.45) is 1.99. The van der Waals surface area contributed by atoms with Crippen LogP contribution in [0.4, 0.5) is 0 Å². The van der Waals surface area contributed by atoms with Crippen LogP contribution >= 0.6 is 0 Å². The molecule has 0 aliphatic heterocycles. The minimum atomic E-state index is 0.293. The Bertz CT molecular complexity index is 544. The lowest BCUT2D eigenvalue weighted by atomic mass is 10.0. The highest BCUT2D eigenvalue weighted by Crippen LogP contribution is 2.28. The number of rotatable bonds is 3. The number of ether oxygens (including phenoxy) is 1. The Balaban J connectivity index is 2.58. The molecular weight excluding hydrogens is 212 g/mol. The van der Waals surface area contributed by atoms with Crippen LogP contribution in [0.5, 0.6) is 5.75 Å². The van der Waals surface area contributed by atoms with Gasteiger partial charge in [-0.3, -0.25) is 4.98 Å². The molecule has 3 nitrogen and oxygen atoms in total. The van der Waals surface area contributed by atoms with E-state index in [9.17, 15) is 0 Å². The fourth-order valence-corrected chi connectivity index (χ4v) is 1.76. The molecule has 0 atom stereocenters. The normalized spacial score (nSPS) is 9.65. The number of hydrogen-bond acceptors (Lipinski definition) is 3. The van der Waals surface area contributed by atoms with Gasteiger partial charge in [-0.15, -0.1) is 0 Å². The second-order valence-electron chi connectivity index (χ2n) is 3.54. The van der Waals surface area contributed by atoms with Crippen LogP contribution in [0.2, 0.25) is 0 Å². The monoisotopic (exact) mass is 224 g/mol. The molecule has 0 aliphatic carbocycles. The third-order valence-electron chi connectivity index (χ3n) is 2.54. The molecule has 0 unspecified atom stereocenters. The van der Waals surface area contributed by atoms with Crippen LogP contribution in [0, 0.1) is 11.3 Å². The zero-order chi connectivity index (χ0) is 12.1.